The van der Waals surface area contributed by atoms with Gasteiger partial charge in [0.25, 0.3) is 11.8 Å². The summed E-state index contributed by atoms with van der Waals surface area (Å²) in [4.78, 5) is 27.7. The molecule has 0 radical (unpaired) electrons. The smallest absolute Gasteiger partial charge is 0.265 e. The number of methoxy groups -OCH3 is 1. The summed E-state index contributed by atoms with van der Waals surface area (Å²) in [6.45, 7) is 3.41. The fourth-order valence-corrected chi connectivity index (χ4v) is 3.42. The number of carbonyl (C=O) groups excluding carboxylic acids is 2. The molecule has 0 saturated carbocycles. The van der Waals surface area contributed by atoms with Crippen molar-refractivity contribution < 1.29 is 19.1 Å². The lowest BCUT2D eigenvalue weighted by atomic mass is 10.1. The maximum Gasteiger partial charge on any atom is 0.265 e. The van der Waals surface area contributed by atoms with Gasteiger partial charge >= 0.3 is 0 Å². The van der Waals surface area contributed by atoms with Crippen LogP contribution in [0.15, 0.2) is 48.5 Å². The van der Waals surface area contributed by atoms with Crippen LogP contribution in [0.25, 0.3) is 0 Å². The number of benzene rings is 2. The minimum atomic E-state index is -0.680. The molecule has 3 rings (SSSR count). The summed E-state index contributed by atoms with van der Waals surface area (Å²) in [5, 5.41) is 2.89. The molecule has 2 aromatic carbocycles. The van der Waals surface area contributed by atoms with Crippen LogP contribution < -0.4 is 14.8 Å². The summed E-state index contributed by atoms with van der Waals surface area (Å²) < 4.78 is 11.1. The molecular formula is C23H28N2O4. The lowest BCUT2D eigenvalue weighted by molar-refractivity contribution is -0.122. The maximum absolute atomic E-state index is 12.9. The van der Waals surface area contributed by atoms with E-state index in [4.69, 9.17) is 9.47 Å². The van der Waals surface area contributed by atoms with Gasteiger partial charge in [0.2, 0.25) is 0 Å². The van der Waals surface area contributed by atoms with Crippen LogP contribution in [-0.4, -0.2) is 43.0 Å². The molecule has 0 aromatic heterocycles. The van der Waals surface area contributed by atoms with Crippen molar-refractivity contribution >= 4 is 17.5 Å². The number of amides is 2. The second-order valence-corrected chi connectivity index (χ2v) is 7.08. The minimum Gasteiger partial charge on any atom is -0.497 e. The van der Waals surface area contributed by atoms with E-state index in [9.17, 15) is 9.59 Å². The SMILES string of the molecule is CC[C@H](Oc1cccc(OC)c1)C(=O)Nc1ccccc1C(=O)N1CCCCC1. The van der Waals surface area contributed by atoms with Gasteiger partial charge in [0.05, 0.1) is 18.4 Å². The number of anilines is 1. The Morgan fingerprint density at radius 2 is 1.76 bits per heavy atom. The summed E-state index contributed by atoms with van der Waals surface area (Å²) in [6, 6.07) is 14.3. The normalized spacial score (nSPS) is 14.8. The van der Waals surface area contributed by atoms with Crippen LogP contribution in [0.3, 0.4) is 0 Å². The van der Waals surface area contributed by atoms with Gasteiger partial charge in [-0.2, -0.15) is 0 Å². The lowest BCUT2D eigenvalue weighted by Gasteiger charge is -2.27. The van der Waals surface area contributed by atoms with E-state index in [0.29, 0.717) is 29.2 Å². The molecule has 6 nitrogen and oxygen atoms in total. The number of rotatable bonds is 7. The Kier molecular flexibility index (Phi) is 7.11. The van der Waals surface area contributed by atoms with Gasteiger partial charge in [-0.05, 0) is 49.9 Å². The summed E-state index contributed by atoms with van der Waals surface area (Å²) in [6.07, 6.45) is 3.01. The minimum absolute atomic E-state index is 0.0395. The van der Waals surface area contributed by atoms with Gasteiger partial charge in [-0.15, -0.1) is 0 Å². The number of likely N-dealkylation sites (tertiary alicyclic amines) is 1. The van der Waals surface area contributed by atoms with E-state index < -0.39 is 6.10 Å². The van der Waals surface area contributed by atoms with Crippen LogP contribution >= 0.6 is 0 Å². The zero-order valence-electron chi connectivity index (χ0n) is 17.0. The largest absolute Gasteiger partial charge is 0.497 e. The Hall–Kier alpha value is -3.02. The first-order chi connectivity index (χ1) is 14.1. The van der Waals surface area contributed by atoms with Crippen molar-refractivity contribution in [2.45, 2.75) is 38.7 Å². The van der Waals surface area contributed by atoms with Crippen molar-refractivity contribution in [2.24, 2.45) is 0 Å². The van der Waals surface area contributed by atoms with Crippen molar-refractivity contribution in [2.75, 3.05) is 25.5 Å². The van der Waals surface area contributed by atoms with E-state index in [2.05, 4.69) is 5.32 Å². The first-order valence-corrected chi connectivity index (χ1v) is 10.1. The van der Waals surface area contributed by atoms with E-state index in [1.165, 1.54) is 0 Å². The molecule has 0 unspecified atom stereocenters. The number of nitrogens with one attached hydrogen (secondary N) is 1. The first kappa shape index (κ1) is 20.7. The molecule has 29 heavy (non-hydrogen) atoms. The van der Waals surface area contributed by atoms with E-state index in [0.717, 1.165) is 32.4 Å². The molecule has 1 aliphatic rings. The predicted octanol–water partition coefficient (Wildman–Crippen LogP) is 4.12. The van der Waals surface area contributed by atoms with Gasteiger partial charge < -0.3 is 19.7 Å². The van der Waals surface area contributed by atoms with Crippen molar-refractivity contribution in [1.29, 1.82) is 0 Å². The molecule has 2 aromatic rings. The van der Waals surface area contributed by atoms with Gasteiger partial charge in [-0.1, -0.05) is 25.1 Å². The summed E-state index contributed by atoms with van der Waals surface area (Å²) in [5.41, 5.74) is 1.03. The fourth-order valence-electron chi connectivity index (χ4n) is 3.42. The second kappa shape index (κ2) is 9.96. The van der Waals surface area contributed by atoms with E-state index in [1.54, 1.807) is 31.4 Å². The van der Waals surface area contributed by atoms with Gasteiger partial charge in [0.15, 0.2) is 6.10 Å². The number of para-hydroxylation sites is 1. The molecule has 154 valence electrons. The summed E-state index contributed by atoms with van der Waals surface area (Å²) in [5.74, 6) is 0.899. The number of hydrogen-bond acceptors (Lipinski definition) is 4. The highest BCUT2D eigenvalue weighted by atomic mass is 16.5. The molecule has 0 spiro atoms. The number of nitrogens with zero attached hydrogens (tertiary/aromatic N) is 1. The van der Waals surface area contributed by atoms with Crippen LogP contribution in [0.2, 0.25) is 0 Å². The third-order valence-electron chi connectivity index (χ3n) is 5.04. The van der Waals surface area contributed by atoms with Crippen LogP contribution in [0.5, 0.6) is 11.5 Å². The Morgan fingerprint density at radius 1 is 1.03 bits per heavy atom. The van der Waals surface area contributed by atoms with Crippen molar-refractivity contribution in [1.82, 2.24) is 4.90 Å². The Bertz CT molecular complexity index is 846. The fraction of sp³-hybridized carbons (Fsp3) is 0.391. The molecule has 1 fully saturated rings. The molecule has 1 saturated heterocycles. The highest BCUT2D eigenvalue weighted by Crippen LogP contribution is 2.23. The Morgan fingerprint density at radius 3 is 2.48 bits per heavy atom. The molecule has 6 heteroatoms. The Balaban J connectivity index is 1.72. The van der Waals surface area contributed by atoms with Gasteiger partial charge in [0, 0.05) is 19.2 Å². The average molecular weight is 396 g/mol. The highest BCUT2D eigenvalue weighted by molar-refractivity contribution is 6.04. The number of carbonyl (C=O) groups is 2. The first-order valence-electron chi connectivity index (χ1n) is 10.1. The third-order valence-corrected chi connectivity index (χ3v) is 5.04. The van der Waals surface area contributed by atoms with Crippen molar-refractivity contribution in [3.8, 4) is 11.5 Å². The standard InChI is InChI=1S/C23H28N2O4/c1-3-21(29-18-11-9-10-17(16-18)28-2)22(26)24-20-13-6-5-12-19(20)23(27)25-14-7-4-8-15-25/h5-6,9-13,16,21H,3-4,7-8,14-15H2,1-2H3,(H,24,26)/t21-/m0/s1. The average Bonchev–Trinajstić information content (AvgIpc) is 2.78. The van der Waals surface area contributed by atoms with E-state index >= 15 is 0 Å². The molecule has 1 N–H and O–H groups in total. The van der Waals surface area contributed by atoms with E-state index in [1.807, 2.05) is 36.1 Å². The molecular weight excluding hydrogens is 368 g/mol. The predicted molar refractivity (Wildman–Crippen MR) is 113 cm³/mol. The zero-order chi connectivity index (χ0) is 20.6. The number of hydrogen-bond donors (Lipinski definition) is 1. The van der Waals surface area contributed by atoms with Crippen LogP contribution in [-0.2, 0) is 4.79 Å². The molecule has 0 aliphatic carbocycles. The monoisotopic (exact) mass is 396 g/mol. The van der Waals surface area contributed by atoms with Crippen LogP contribution in [0.4, 0.5) is 5.69 Å². The molecule has 0 bridgehead atoms. The van der Waals surface area contributed by atoms with Gasteiger partial charge in [0.1, 0.15) is 11.5 Å². The zero-order valence-corrected chi connectivity index (χ0v) is 17.0. The highest BCUT2D eigenvalue weighted by Gasteiger charge is 2.24. The quantitative estimate of drug-likeness (QED) is 0.765. The molecule has 1 heterocycles. The molecule has 1 atom stereocenters. The van der Waals surface area contributed by atoms with Gasteiger partial charge in [-0.25, -0.2) is 0 Å². The van der Waals surface area contributed by atoms with Crippen molar-refractivity contribution in [3.05, 3.63) is 54.1 Å². The molecule has 1 aliphatic heterocycles. The van der Waals surface area contributed by atoms with E-state index in [-0.39, 0.29) is 11.8 Å². The number of ether oxygens (including phenoxy) is 2. The molecule has 2 amide bonds. The Labute approximate surface area is 171 Å². The lowest BCUT2D eigenvalue weighted by Crippen LogP contribution is -2.37. The van der Waals surface area contributed by atoms with Crippen LogP contribution in [0.1, 0.15) is 43.0 Å². The number of piperidine rings is 1. The van der Waals surface area contributed by atoms with Crippen molar-refractivity contribution in [3.63, 3.8) is 0 Å². The van der Waals surface area contributed by atoms with Gasteiger partial charge in [-0.3, -0.25) is 9.59 Å². The maximum atomic E-state index is 12.9. The summed E-state index contributed by atoms with van der Waals surface area (Å²) >= 11 is 0. The second-order valence-electron chi connectivity index (χ2n) is 7.08. The third kappa shape index (κ3) is 5.28. The van der Waals surface area contributed by atoms with Crippen LogP contribution in [0, 0.1) is 0 Å². The topological polar surface area (TPSA) is 67.9 Å². The summed E-state index contributed by atoms with van der Waals surface area (Å²) in [7, 11) is 1.58.